The molecule has 29 heavy (non-hydrogen) atoms. The molecule has 0 bridgehead atoms. The number of aromatic nitrogens is 6. The Morgan fingerprint density at radius 1 is 1.03 bits per heavy atom. The molecular weight excluding hydrogens is 392 g/mol. The third-order valence-corrected chi connectivity index (χ3v) is 4.08. The van der Waals surface area contributed by atoms with Crippen LogP contribution in [-0.4, -0.2) is 30.3 Å². The van der Waals surface area contributed by atoms with E-state index in [9.17, 15) is 17.6 Å². The van der Waals surface area contributed by atoms with Crippen molar-refractivity contribution in [2.24, 2.45) is 0 Å². The van der Waals surface area contributed by atoms with Gasteiger partial charge in [0.15, 0.2) is 0 Å². The molecule has 0 aliphatic heterocycles. The summed E-state index contributed by atoms with van der Waals surface area (Å²) >= 11 is 0. The normalized spacial score (nSPS) is 11.8. The van der Waals surface area contributed by atoms with Crippen molar-refractivity contribution in [2.45, 2.75) is 19.6 Å². The average molecular weight is 404 g/mol. The van der Waals surface area contributed by atoms with Crippen LogP contribution in [0.2, 0.25) is 0 Å². The summed E-state index contributed by atoms with van der Waals surface area (Å²) in [5.74, 6) is -0.0416. The van der Waals surface area contributed by atoms with E-state index in [0.717, 1.165) is 16.9 Å². The van der Waals surface area contributed by atoms with Gasteiger partial charge in [0, 0.05) is 11.1 Å². The average Bonchev–Trinajstić information content (AvgIpc) is 3.34. The molecule has 4 rings (SSSR count). The highest BCUT2D eigenvalue weighted by Crippen LogP contribution is 2.31. The van der Waals surface area contributed by atoms with Crippen molar-refractivity contribution in [1.82, 2.24) is 30.3 Å². The number of tetrazole rings is 1. The Morgan fingerprint density at radius 3 is 2.59 bits per heavy atom. The zero-order valence-corrected chi connectivity index (χ0v) is 14.9. The molecule has 0 saturated heterocycles. The lowest BCUT2D eigenvalue weighted by Crippen LogP contribution is -2.05. The fraction of sp³-hybridized carbons (Fsp3) is 0.167. The molecule has 0 fully saturated rings. The van der Waals surface area contributed by atoms with Crippen molar-refractivity contribution >= 4 is 0 Å². The Labute approximate surface area is 161 Å². The lowest BCUT2D eigenvalue weighted by Gasteiger charge is -2.06. The van der Waals surface area contributed by atoms with Gasteiger partial charge in [0.05, 0.1) is 5.56 Å². The molecule has 0 aliphatic rings. The predicted molar refractivity (Wildman–Crippen MR) is 91.8 cm³/mol. The number of halogens is 4. The highest BCUT2D eigenvalue weighted by molar-refractivity contribution is 5.56. The van der Waals surface area contributed by atoms with Crippen molar-refractivity contribution in [3.05, 3.63) is 65.3 Å². The highest BCUT2D eigenvalue weighted by Gasteiger charge is 2.30. The fourth-order valence-electron chi connectivity index (χ4n) is 2.55. The monoisotopic (exact) mass is 404 g/mol. The Hall–Kier alpha value is -3.63. The van der Waals surface area contributed by atoms with E-state index in [1.54, 1.807) is 19.1 Å². The topological polar surface area (TPSA) is 82.5 Å². The summed E-state index contributed by atoms with van der Waals surface area (Å²) in [5, 5.41) is 15.4. The van der Waals surface area contributed by atoms with E-state index < -0.39 is 17.6 Å². The van der Waals surface area contributed by atoms with Crippen LogP contribution >= 0.6 is 0 Å². The van der Waals surface area contributed by atoms with Crippen LogP contribution in [0.4, 0.5) is 17.6 Å². The van der Waals surface area contributed by atoms with Gasteiger partial charge in [-0.15, -0.1) is 10.2 Å². The molecule has 11 heteroatoms. The Balaban J connectivity index is 1.53. The predicted octanol–water partition coefficient (Wildman–Crippen LogP) is 3.90. The number of aryl methyl sites for hydroxylation is 1. The minimum absolute atomic E-state index is 0.0245. The zero-order valence-electron chi connectivity index (χ0n) is 14.9. The van der Waals surface area contributed by atoms with Gasteiger partial charge in [-0.2, -0.15) is 23.0 Å². The van der Waals surface area contributed by atoms with Crippen molar-refractivity contribution in [3.8, 4) is 22.8 Å². The van der Waals surface area contributed by atoms with Crippen molar-refractivity contribution in [1.29, 1.82) is 0 Å². The van der Waals surface area contributed by atoms with Crippen LogP contribution in [0.5, 0.6) is 0 Å². The van der Waals surface area contributed by atoms with E-state index >= 15 is 0 Å². The van der Waals surface area contributed by atoms with E-state index in [1.807, 2.05) is 0 Å². The van der Waals surface area contributed by atoms with E-state index in [-0.39, 0.29) is 29.6 Å². The molecular formula is C18H12F4N6O. The number of nitrogens with zero attached hydrogens (tertiary/aromatic N) is 6. The van der Waals surface area contributed by atoms with E-state index in [2.05, 4.69) is 25.6 Å². The molecule has 7 nitrogen and oxygen atoms in total. The maximum Gasteiger partial charge on any atom is 0.416 e. The molecule has 148 valence electrons. The Kier molecular flexibility index (Phi) is 4.57. The summed E-state index contributed by atoms with van der Waals surface area (Å²) in [4.78, 5) is 5.27. The van der Waals surface area contributed by atoms with Gasteiger partial charge in [-0.3, -0.25) is 0 Å². The van der Waals surface area contributed by atoms with Crippen LogP contribution in [-0.2, 0) is 12.7 Å². The maximum atomic E-state index is 13.7. The number of alkyl halides is 3. The SMILES string of the molecule is Cc1ccc(-c2noc(Cn3nnc(-c4cccc(C(F)(F)F)c4)n3)n2)cc1F. The molecule has 0 spiro atoms. The van der Waals surface area contributed by atoms with Crippen LogP contribution in [0.15, 0.2) is 47.0 Å². The lowest BCUT2D eigenvalue weighted by atomic mass is 10.1. The van der Waals surface area contributed by atoms with Crippen molar-refractivity contribution in [2.75, 3.05) is 0 Å². The third kappa shape index (κ3) is 3.98. The fourth-order valence-corrected chi connectivity index (χ4v) is 2.55. The molecule has 4 aromatic rings. The first-order chi connectivity index (χ1) is 13.8. The second kappa shape index (κ2) is 7.08. The van der Waals surface area contributed by atoms with Gasteiger partial charge < -0.3 is 4.52 Å². The summed E-state index contributed by atoms with van der Waals surface area (Å²) in [5.41, 5.74) is 0.302. The van der Waals surface area contributed by atoms with Crippen molar-refractivity contribution < 1.29 is 22.1 Å². The summed E-state index contributed by atoms with van der Waals surface area (Å²) in [6.45, 7) is 1.59. The molecule has 0 radical (unpaired) electrons. The first-order valence-electron chi connectivity index (χ1n) is 8.34. The molecule has 2 heterocycles. The van der Waals surface area contributed by atoms with Gasteiger partial charge >= 0.3 is 6.18 Å². The third-order valence-electron chi connectivity index (χ3n) is 4.08. The van der Waals surface area contributed by atoms with Crippen LogP contribution in [0, 0.1) is 12.7 Å². The largest absolute Gasteiger partial charge is 0.416 e. The van der Waals surface area contributed by atoms with Gasteiger partial charge in [-0.1, -0.05) is 29.4 Å². The standard InChI is InChI=1S/C18H12F4N6O/c1-10-5-6-12(8-14(10)19)16-23-15(29-26-16)9-28-25-17(24-27-28)11-3-2-4-13(7-11)18(20,21)22/h2-8H,9H2,1H3. The summed E-state index contributed by atoms with van der Waals surface area (Å²) in [6.07, 6.45) is -4.47. The van der Waals surface area contributed by atoms with E-state index in [1.165, 1.54) is 18.2 Å². The van der Waals surface area contributed by atoms with Crippen LogP contribution in [0.3, 0.4) is 0 Å². The van der Waals surface area contributed by atoms with Crippen LogP contribution < -0.4 is 0 Å². The maximum absolute atomic E-state index is 13.7. The number of hydrogen-bond acceptors (Lipinski definition) is 6. The van der Waals surface area contributed by atoms with Gasteiger partial charge in [0.1, 0.15) is 12.4 Å². The number of hydrogen-bond donors (Lipinski definition) is 0. The van der Waals surface area contributed by atoms with Crippen LogP contribution in [0.1, 0.15) is 17.0 Å². The number of rotatable bonds is 4. The molecule has 0 amide bonds. The van der Waals surface area contributed by atoms with E-state index in [4.69, 9.17) is 4.52 Å². The van der Waals surface area contributed by atoms with Gasteiger partial charge in [0.25, 0.3) is 5.89 Å². The molecule has 0 N–H and O–H groups in total. The minimum atomic E-state index is -4.47. The molecule has 0 atom stereocenters. The number of benzene rings is 2. The molecule has 0 aliphatic carbocycles. The molecule has 0 unspecified atom stereocenters. The second-order valence-corrected chi connectivity index (χ2v) is 6.20. The highest BCUT2D eigenvalue weighted by atomic mass is 19.4. The summed E-state index contributed by atoms with van der Waals surface area (Å²) in [6, 6.07) is 9.17. The summed E-state index contributed by atoms with van der Waals surface area (Å²) < 4.78 is 57.4. The minimum Gasteiger partial charge on any atom is -0.337 e. The van der Waals surface area contributed by atoms with E-state index in [0.29, 0.717) is 11.1 Å². The molecule has 0 saturated carbocycles. The van der Waals surface area contributed by atoms with Crippen molar-refractivity contribution in [3.63, 3.8) is 0 Å². The Bertz CT molecular complexity index is 1170. The summed E-state index contributed by atoms with van der Waals surface area (Å²) in [7, 11) is 0. The zero-order chi connectivity index (χ0) is 20.6. The lowest BCUT2D eigenvalue weighted by molar-refractivity contribution is -0.137. The quantitative estimate of drug-likeness (QED) is 0.480. The smallest absolute Gasteiger partial charge is 0.337 e. The van der Waals surface area contributed by atoms with Gasteiger partial charge in [-0.25, -0.2) is 4.39 Å². The first-order valence-corrected chi connectivity index (χ1v) is 8.34. The molecule has 2 aromatic carbocycles. The van der Waals surface area contributed by atoms with Crippen LogP contribution in [0.25, 0.3) is 22.8 Å². The Morgan fingerprint density at radius 2 is 1.83 bits per heavy atom. The molecule has 2 aromatic heterocycles. The van der Waals surface area contributed by atoms with Gasteiger partial charge in [-0.05, 0) is 35.9 Å². The second-order valence-electron chi connectivity index (χ2n) is 6.20. The van der Waals surface area contributed by atoms with Gasteiger partial charge in [0.2, 0.25) is 11.6 Å². The first kappa shape index (κ1) is 18.7.